The molecule has 0 saturated heterocycles. The summed E-state index contributed by atoms with van der Waals surface area (Å²) in [5.41, 5.74) is 9.70. The summed E-state index contributed by atoms with van der Waals surface area (Å²) in [5, 5.41) is 2.58. The number of hydrogen-bond donors (Lipinski definition) is 0. The van der Waals surface area contributed by atoms with Crippen molar-refractivity contribution in [3.05, 3.63) is 176 Å². The summed E-state index contributed by atoms with van der Waals surface area (Å²) < 4.78 is 2.58. The van der Waals surface area contributed by atoms with Gasteiger partial charge in [0.1, 0.15) is 0 Å². The second-order valence-corrected chi connectivity index (χ2v) is 13.1. The minimum atomic E-state index is 0.639. The van der Waals surface area contributed by atoms with Gasteiger partial charge in [0.2, 0.25) is 0 Å². The lowest BCUT2D eigenvalue weighted by Crippen LogP contribution is -2.00. The minimum absolute atomic E-state index is 0.639. The van der Waals surface area contributed by atoms with Crippen LogP contribution in [0.15, 0.2) is 176 Å². The van der Waals surface area contributed by atoms with Gasteiger partial charge in [-0.25, -0.2) is 15.0 Å². The van der Waals surface area contributed by atoms with Gasteiger partial charge >= 0.3 is 0 Å². The molecule has 0 N–H and O–H groups in total. The van der Waals surface area contributed by atoms with Gasteiger partial charge in [0.05, 0.1) is 0 Å². The molecule has 0 bridgehead atoms. The van der Waals surface area contributed by atoms with Crippen molar-refractivity contribution in [1.29, 1.82) is 0 Å². The summed E-state index contributed by atoms with van der Waals surface area (Å²) in [6.45, 7) is 0. The highest BCUT2D eigenvalue weighted by molar-refractivity contribution is 7.26. The maximum Gasteiger partial charge on any atom is 0.164 e. The van der Waals surface area contributed by atoms with Crippen molar-refractivity contribution in [2.24, 2.45) is 0 Å². The van der Waals surface area contributed by atoms with Crippen LogP contribution in [0.5, 0.6) is 0 Å². The molecule has 4 heteroatoms. The quantitative estimate of drug-likeness (QED) is 0.181. The van der Waals surface area contributed by atoms with E-state index in [1.54, 1.807) is 0 Å². The molecule has 0 fully saturated rings. The first kappa shape index (κ1) is 29.0. The highest BCUT2D eigenvalue weighted by Gasteiger charge is 2.16. The van der Waals surface area contributed by atoms with Gasteiger partial charge in [-0.1, -0.05) is 152 Å². The molecule has 0 atom stereocenters. The predicted octanol–water partition coefficient (Wildman–Crippen LogP) is 12.2. The average Bonchev–Trinajstić information content (AvgIpc) is 3.58. The lowest BCUT2D eigenvalue weighted by Gasteiger charge is -2.11. The first-order valence-corrected chi connectivity index (χ1v) is 17.2. The van der Waals surface area contributed by atoms with Crippen LogP contribution in [-0.4, -0.2) is 15.0 Å². The zero-order valence-corrected chi connectivity index (χ0v) is 27.3. The number of thiophene rings is 1. The molecule has 0 saturated carbocycles. The van der Waals surface area contributed by atoms with Gasteiger partial charge in [-0.05, 0) is 57.6 Å². The lowest BCUT2D eigenvalue weighted by molar-refractivity contribution is 1.07. The van der Waals surface area contributed by atoms with Gasteiger partial charge < -0.3 is 0 Å². The Balaban J connectivity index is 1.20. The Labute approximate surface area is 288 Å². The molecule has 2 aromatic heterocycles. The Hall–Kier alpha value is -6.23. The number of hydrogen-bond acceptors (Lipinski definition) is 4. The molecule has 0 aliphatic rings. The van der Waals surface area contributed by atoms with Gasteiger partial charge in [-0.3, -0.25) is 0 Å². The highest BCUT2D eigenvalue weighted by Crippen LogP contribution is 2.40. The number of fused-ring (bicyclic) bond motifs is 3. The molecule has 0 amide bonds. The summed E-state index contributed by atoms with van der Waals surface area (Å²) >= 11 is 1.84. The van der Waals surface area contributed by atoms with Crippen LogP contribution in [0.25, 0.3) is 87.7 Å². The van der Waals surface area contributed by atoms with Crippen LogP contribution in [0, 0.1) is 0 Å². The summed E-state index contributed by atoms with van der Waals surface area (Å²) in [7, 11) is 0. The molecule has 0 aliphatic carbocycles. The molecule has 2 heterocycles. The van der Waals surface area contributed by atoms with E-state index in [4.69, 9.17) is 15.0 Å². The van der Waals surface area contributed by atoms with E-state index in [0.29, 0.717) is 17.5 Å². The largest absolute Gasteiger partial charge is 0.208 e. The van der Waals surface area contributed by atoms with Crippen molar-refractivity contribution in [1.82, 2.24) is 15.0 Å². The molecule has 7 aromatic carbocycles. The Kier molecular flexibility index (Phi) is 7.34. The molecule has 230 valence electrons. The van der Waals surface area contributed by atoms with Gasteiger partial charge in [-0.2, -0.15) is 0 Å². The van der Waals surface area contributed by atoms with E-state index in [1.165, 1.54) is 25.7 Å². The van der Waals surface area contributed by atoms with Crippen molar-refractivity contribution in [2.45, 2.75) is 0 Å². The maximum atomic E-state index is 5.13. The van der Waals surface area contributed by atoms with Crippen LogP contribution in [0.1, 0.15) is 0 Å². The van der Waals surface area contributed by atoms with Crippen molar-refractivity contribution in [3.63, 3.8) is 0 Å². The zero-order chi connectivity index (χ0) is 32.6. The van der Waals surface area contributed by atoms with Crippen LogP contribution in [0.2, 0.25) is 0 Å². The van der Waals surface area contributed by atoms with Gasteiger partial charge in [0, 0.05) is 36.9 Å². The molecular formula is C45H29N3S. The molecule has 0 spiro atoms. The lowest BCUT2D eigenvalue weighted by atomic mass is 10.00. The standard InChI is InChI=1S/C45H29N3S/c1-3-13-30(14-4-1)32-17-9-20-35(27-32)43-46-44(36-21-10-18-33(28-36)31-15-5-2-6-16-31)48-45(47-43)37-22-11-19-34(29-37)38-24-12-25-40-39-23-7-8-26-41(39)49-42(38)40/h1-29H. The van der Waals surface area contributed by atoms with E-state index < -0.39 is 0 Å². The fourth-order valence-electron chi connectivity index (χ4n) is 6.50. The summed E-state index contributed by atoms with van der Waals surface area (Å²) in [4.78, 5) is 15.3. The number of rotatable bonds is 6. The number of nitrogens with zero attached hydrogens (tertiary/aromatic N) is 3. The van der Waals surface area contributed by atoms with E-state index >= 15 is 0 Å². The first-order valence-electron chi connectivity index (χ1n) is 16.4. The summed E-state index contributed by atoms with van der Waals surface area (Å²) in [6, 6.07) is 61.5. The SMILES string of the molecule is c1ccc(-c2cccc(-c3nc(-c4cccc(-c5ccccc5)c4)nc(-c4cccc(-c5cccc6c5sc5ccccc56)c4)n3)c2)cc1. The fraction of sp³-hybridized carbons (Fsp3) is 0. The van der Waals surface area contributed by atoms with Crippen molar-refractivity contribution in [3.8, 4) is 67.5 Å². The molecule has 3 nitrogen and oxygen atoms in total. The fourth-order valence-corrected chi connectivity index (χ4v) is 7.74. The molecule has 0 radical (unpaired) electrons. The smallest absolute Gasteiger partial charge is 0.164 e. The van der Waals surface area contributed by atoms with E-state index in [0.717, 1.165) is 44.5 Å². The second-order valence-electron chi connectivity index (χ2n) is 12.1. The molecule has 9 aromatic rings. The van der Waals surface area contributed by atoms with Crippen LogP contribution in [0.3, 0.4) is 0 Å². The maximum absolute atomic E-state index is 5.13. The van der Waals surface area contributed by atoms with Crippen molar-refractivity contribution in [2.75, 3.05) is 0 Å². The monoisotopic (exact) mass is 643 g/mol. The predicted molar refractivity (Wildman–Crippen MR) is 205 cm³/mol. The van der Waals surface area contributed by atoms with Crippen LogP contribution >= 0.6 is 11.3 Å². The molecule has 49 heavy (non-hydrogen) atoms. The normalized spacial score (nSPS) is 11.3. The van der Waals surface area contributed by atoms with Crippen LogP contribution in [-0.2, 0) is 0 Å². The van der Waals surface area contributed by atoms with Crippen molar-refractivity contribution < 1.29 is 0 Å². The van der Waals surface area contributed by atoms with E-state index in [9.17, 15) is 0 Å². The van der Waals surface area contributed by atoms with E-state index in [2.05, 4.69) is 164 Å². The first-order chi connectivity index (χ1) is 24.3. The topological polar surface area (TPSA) is 38.7 Å². The third-order valence-corrected chi connectivity index (χ3v) is 10.1. The zero-order valence-electron chi connectivity index (χ0n) is 26.5. The third-order valence-electron chi connectivity index (χ3n) is 8.93. The van der Waals surface area contributed by atoms with Gasteiger partial charge in [0.15, 0.2) is 17.5 Å². The van der Waals surface area contributed by atoms with Gasteiger partial charge in [0.25, 0.3) is 0 Å². The van der Waals surface area contributed by atoms with Crippen LogP contribution < -0.4 is 0 Å². The Morgan fingerprint density at radius 2 is 0.714 bits per heavy atom. The van der Waals surface area contributed by atoms with Gasteiger partial charge in [-0.15, -0.1) is 11.3 Å². The number of benzene rings is 7. The molecule has 9 rings (SSSR count). The Morgan fingerprint density at radius 1 is 0.306 bits per heavy atom. The van der Waals surface area contributed by atoms with Crippen molar-refractivity contribution >= 4 is 31.5 Å². The third kappa shape index (κ3) is 5.58. The average molecular weight is 644 g/mol. The second kappa shape index (κ2) is 12.4. The Morgan fingerprint density at radius 3 is 1.29 bits per heavy atom. The molecule has 0 aliphatic heterocycles. The molecule has 0 unspecified atom stereocenters. The summed E-state index contributed by atoms with van der Waals surface area (Å²) in [6.07, 6.45) is 0. The Bertz CT molecular complexity index is 2510. The van der Waals surface area contributed by atoms with E-state index in [-0.39, 0.29) is 0 Å². The highest BCUT2D eigenvalue weighted by atomic mass is 32.1. The summed E-state index contributed by atoms with van der Waals surface area (Å²) in [5.74, 6) is 1.92. The number of aromatic nitrogens is 3. The van der Waals surface area contributed by atoms with Crippen LogP contribution in [0.4, 0.5) is 0 Å². The van der Waals surface area contributed by atoms with E-state index in [1.807, 2.05) is 23.5 Å². The molecular weight excluding hydrogens is 615 g/mol. The minimum Gasteiger partial charge on any atom is -0.208 e.